The van der Waals surface area contributed by atoms with Gasteiger partial charge in [-0.15, -0.1) is 0 Å². The van der Waals surface area contributed by atoms with Crippen LogP contribution in [0.5, 0.6) is 0 Å². The van der Waals surface area contributed by atoms with Gasteiger partial charge in [-0.3, -0.25) is 4.72 Å². The Morgan fingerprint density at radius 1 is 0.821 bits per heavy atom. The largest absolute Gasteiger partial charge is 0.550 e. The smallest absolute Gasteiger partial charge is 0.261 e. The molecule has 0 saturated carbocycles. The average Bonchev–Trinajstić information content (AvgIpc) is 2.69. The Kier molecular flexibility index (Phi) is 6.11. The van der Waals surface area contributed by atoms with Gasteiger partial charge in [-0.05, 0) is 54.2 Å². The summed E-state index contributed by atoms with van der Waals surface area (Å²) in [4.78, 5) is 10.7. The van der Waals surface area contributed by atoms with Crippen LogP contribution in [0.25, 0.3) is 0 Å². The van der Waals surface area contributed by atoms with Crippen molar-refractivity contribution in [3.8, 4) is 0 Å². The maximum atomic E-state index is 12.8. The molecule has 0 radical (unpaired) electrons. The lowest BCUT2D eigenvalue weighted by Crippen LogP contribution is -2.22. The number of anilines is 1. The summed E-state index contributed by atoms with van der Waals surface area (Å²) in [6.45, 7) is 0. The normalized spacial score (nSPS) is 11.1. The number of carbonyl (C=O) groups is 1. The van der Waals surface area contributed by atoms with Crippen molar-refractivity contribution in [2.24, 2.45) is 0 Å². The molecule has 3 aromatic carbocycles. The minimum Gasteiger partial charge on any atom is -0.550 e. The predicted molar refractivity (Wildman–Crippen MR) is 106 cm³/mol. The van der Waals surface area contributed by atoms with Gasteiger partial charge in [-0.25, -0.2) is 8.42 Å². The zero-order valence-electron chi connectivity index (χ0n) is 15.2. The summed E-state index contributed by atoms with van der Waals surface area (Å²) in [6, 6.07) is 23.3. The fraction of sp³-hybridized carbons (Fsp3) is 0.136. The topological polar surface area (TPSA) is 86.3 Å². The molecule has 0 aromatic heterocycles. The first-order valence-corrected chi connectivity index (χ1v) is 10.4. The van der Waals surface area contributed by atoms with Gasteiger partial charge in [0.1, 0.15) is 0 Å². The molecule has 1 N–H and O–H groups in total. The number of aryl methyl sites for hydroxylation is 1. The van der Waals surface area contributed by atoms with Gasteiger partial charge in [0, 0.05) is 5.97 Å². The summed E-state index contributed by atoms with van der Waals surface area (Å²) in [6.07, 6.45) is 0.814. The van der Waals surface area contributed by atoms with E-state index in [1.807, 2.05) is 42.5 Å². The molecule has 0 heterocycles. The highest BCUT2D eigenvalue weighted by molar-refractivity contribution is 7.92. The molecule has 0 bridgehead atoms. The van der Waals surface area contributed by atoms with Crippen molar-refractivity contribution in [1.82, 2.24) is 0 Å². The van der Waals surface area contributed by atoms with E-state index in [-0.39, 0.29) is 11.3 Å². The molecule has 0 atom stereocenters. The third-order valence-corrected chi connectivity index (χ3v) is 5.73. The monoisotopic (exact) mass is 394 g/mol. The van der Waals surface area contributed by atoms with Gasteiger partial charge in [-0.2, -0.15) is 0 Å². The summed E-state index contributed by atoms with van der Waals surface area (Å²) in [5, 5.41) is 10.5. The Balaban J connectivity index is 1.78. The van der Waals surface area contributed by atoms with Gasteiger partial charge in [0.2, 0.25) is 0 Å². The van der Waals surface area contributed by atoms with Crippen molar-refractivity contribution in [1.29, 1.82) is 0 Å². The maximum Gasteiger partial charge on any atom is 0.261 e. The molecule has 6 heteroatoms. The van der Waals surface area contributed by atoms with Gasteiger partial charge >= 0.3 is 0 Å². The van der Waals surface area contributed by atoms with Crippen LogP contribution in [0.4, 0.5) is 5.69 Å². The first-order chi connectivity index (χ1) is 13.4. The maximum absolute atomic E-state index is 12.8. The van der Waals surface area contributed by atoms with E-state index in [0.717, 1.165) is 16.7 Å². The lowest BCUT2D eigenvalue weighted by atomic mass is 10.0. The van der Waals surface area contributed by atoms with Gasteiger partial charge < -0.3 is 9.90 Å². The summed E-state index contributed by atoms with van der Waals surface area (Å²) < 4.78 is 28.2. The molecule has 0 spiro atoms. The van der Waals surface area contributed by atoms with Crippen molar-refractivity contribution in [2.45, 2.75) is 24.2 Å². The molecular weight excluding hydrogens is 374 g/mol. The highest BCUT2D eigenvalue weighted by atomic mass is 32.2. The predicted octanol–water partition coefficient (Wildman–Crippen LogP) is 2.76. The molecule has 0 aliphatic carbocycles. The lowest BCUT2D eigenvalue weighted by molar-refractivity contribution is -0.305. The lowest BCUT2D eigenvalue weighted by Gasteiger charge is -2.13. The van der Waals surface area contributed by atoms with Crippen LogP contribution in [-0.4, -0.2) is 14.4 Å². The SMILES string of the molecule is O=C([O-])CCc1ccc(S(=O)(=O)Nc2ccccc2Cc2ccccc2)cc1. The molecule has 0 unspecified atom stereocenters. The number of hydrogen-bond acceptors (Lipinski definition) is 4. The molecule has 5 nitrogen and oxygen atoms in total. The molecule has 144 valence electrons. The molecule has 0 amide bonds. The van der Waals surface area contributed by atoms with E-state index in [2.05, 4.69) is 4.72 Å². The quantitative estimate of drug-likeness (QED) is 0.636. The molecular formula is C22H20NO4S-. The Labute approximate surface area is 164 Å². The summed E-state index contributed by atoms with van der Waals surface area (Å²) >= 11 is 0. The number of nitrogens with one attached hydrogen (secondary N) is 1. The van der Waals surface area contributed by atoms with E-state index < -0.39 is 16.0 Å². The van der Waals surface area contributed by atoms with E-state index in [4.69, 9.17) is 0 Å². The van der Waals surface area contributed by atoms with Crippen LogP contribution in [0.2, 0.25) is 0 Å². The Morgan fingerprint density at radius 2 is 1.46 bits per heavy atom. The Bertz CT molecular complexity index is 1050. The number of para-hydroxylation sites is 1. The first kappa shape index (κ1) is 19.6. The molecule has 3 aromatic rings. The second-order valence-corrected chi connectivity index (χ2v) is 8.12. The third kappa shape index (κ3) is 5.20. The van der Waals surface area contributed by atoms with Crippen LogP contribution in [0.3, 0.4) is 0 Å². The highest BCUT2D eigenvalue weighted by Crippen LogP contribution is 2.23. The standard InChI is InChI=1S/C22H21NO4S/c24-22(25)15-12-17-10-13-20(14-11-17)28(26,27)23-21-9-5-4-8-19(21)16-18-6-2-1-3-7-18/h1-11,13-14,23H,12,15-16H2,(H,24,25)/p-1. The van der Waals surface area contributed by atoms with E-state index >= 15 is 0 Å². The number of sulfonamides is 1. The van der Waals surface area contributed by atoms with E-state index in [9.17, 15) is 18.3 Å². The minimum absolute atomic E-state index is 0.1000. The molecule has 3 rings (SSSR count). The zero-order chi connectivity index (χ0) is 20.0. The van der Waals surface area contributed by atoms with E-state index in [0.29, 0.717) is 18.5 Å². The van der Waals surface area contributed by atoms with Crippen LogP contribution in [0.15, 0.2) is 83.8 Å². The molecule has 0 fully saturated rings. The van der Waals surface area contributed by atoms with Crippen molar-refractivity contribution >= 4 is 21.7 Å². The highest BCUT2D eigenvalue weighted by Gasteiger charge is 2.16. The van der Waals surface area contributed by atoms with Crippen LogP contribution < -0.4 is 9.83 Å². The van der Waals surface area contributed by atoms with Gasteiger partial charge in [0.05, 0.1) is 10.6 Å². The molecule has 0 aliphatic heterocycles. The second-order valence-electron chi connectivity index (χ2n) is 6.44. The first-order valence-electron chi connectivity index (χ1n) is 8.87. The second kappa shape index (κ2) is 8.71. The van der Waals surface area contributed by atoms with E-state index in [1.54, 1.807) is 24.3 Å². The van der Waals surface area contributed by atoms with Gasteiger partial charge in [0.25, 0.3) is 10.0 Å². The summed E-state index contributed by atoms with van der Waals surface area (Å²) in [5.74, 6) is -1.13. The van der Waals surface area contributed by atoms with Crippen molar-refractivity contribution < 1.29 is 18.3 Å². The van der Waals surface area contributed by atoms with Crippen LogP contribution in [0.1, 0.15) is 23.1 Å². The average molecular weight is 394 g/mol. The zero-order valence-corrected chi connectivity index (χ0v) is 16.0. The Hall–Kier alpha value is -3.12. The molecule has 0 aliphatic rings. The van der Waals surface area contributed by atoms with Crippen molar-refractivity contribution in [3.63, 3.8) is 0 Å². The number of rotatable bonds is 8. The van der Waals surface area contributed by atoms with Crippen LogP contribution >= 0.6 is 0 Å². The fourth-order valence-electron chi connectivity index (χ4n) is 2.88. The molecule has 0 saturated heterocycles. The number of hydrogen-bond donors (Lipinski definition) is 1. The van der Waals surface area contributed by atoms with E-state index in [1.165, 1.54) is 12.1 Å². The number of aliphatic carboxylic acids is 1. The third-order valence-electron chi connectivity index (χ3n) is 4.35. The van der Waals surface area contributed by atoms with Gasteiger partial charge in [0.15, 0.2) is 0 Å². The number of carbonyl (C=O) groups excluding carboxylic acids is 1. The summed E-state index contributed by atoms with van der Waals surface area (Å²) in [7, 11) is -3.75. The van der Waals surface area contributed by atoms with Crippen molar-refractivity contribution in [3.05, 3.63) is 95.6 Å². The number of carboxylic acid groups (broad SMARTS) is 1. The van der Waals surface area contributed by atoms with Crippen molar-refractivity contribution in [2.75, 3.05) is 4.72 Å². The number of carboxylic acids is 1. The van der Waals surface area contributed by atoms with Crippen LogP contribution in [-0.2, 0) is 27.7 Å². The molecule has 28 heavy (non-hydrogen) atoms. The van der Waals surface area contributed by atoms with Gasteiger partial charge in [-0.1, -0.05) is 60.7 Å². The summed E-state index contributed by atoms with van der Waals surface area (Å²) in [5.41, 5.74) is 3.24. The Morgan fingerprint density at radius 3 is 2.14 bits per heavy atom. The fourth-order valence-corrected chi connectivity index (χ4v) is 3.98. The number of benzene rings is 3. The van der Waals surface area contributed by atoms with Crippen LogP contribution in [0, 0.1) is 0 Å². The minimum atomic E-state index is -3.75.